The van der Waals surface area contributed by atoms with Crippen LogP contribution in [-0.4, -0.2) is 96.7 Å². The molecule has 96 heavy (non-hydrogen) atoms. The Morgan fingerprint density at radius 2 is 0.479 bits per heavy atom. The largest absolute Gasteiger partial charge is 0.472 e. The van der Waals surface area contributed by atoms with E-state index in [2.05, 4.69) is 48.5 Å². The molecule has 0 bridgehead atoms. The van der Waals surface area contributed by atoms with Gasteiger partial charge in [-0.2, -0.15) is 0 Å². The lowest BCUT2D eigenvalue weighted by Crippen LogP contribution is -2.30. The van der Waals surface area contributed by atoms with E-state index in [0.29, 0.717) is 25.7 Å². The van der Waals surface area contributed by atoms with Gasteiger partial charge in [0.1, 0.15) is 19.3 Å². The SMILES string of the molecule is CCCCCCCCCCC(=O)OC[C@H](COP(=O)(O)OC[C@H](O)COP(=O)(O)OC[C@@H](COC(=O)CCCCCCCCCCCCCCCC(C)C)OC(=O)CCCCCCCCCCCCCCCCCCCCC(C)C)OC(=O)CCCCCCCCCCC(C)C. The molecule has 0 heterocycles. The lowest BCUT2D eigenvalue weighted by Gasteiger charge is -2.21. The van der Waals surface area contributed by atoms with Crippen LogP contribution in [0.3, 0.4) is 0 Å². The van der Waals surface area contributed by atoms with E-state index >= 15 is 0 Å². The topological polar surface area (TPSA) is 237 Å². The number of phosphoric ester groups is 2. The van der Waals surface area contributed by atoms with Crippen LogP contribution in [-0.2, 0) is 65.4 Å². The Morgan fingerprint density at radius 3 is 0.708 bits per heavy atom. The second-order valence-corrected chi connectivity index (χ2v) is 32.1. The van der Waals surface area contributed by atoms with Crippen LogP contribution < -0.4 is 0 Å². The van der Waals surface area contributed by atoms with Crippen molar-refractivity contribution < 1.29 is 80.2 Å². The van der Waals surface area contributed by atoms with Gasteiger partial charge in [0.2, 0.25) is 0 Å². The molecule has 17 nitrogen and oxygen atoms in total. The summed E-state index contributed by atoms with van der Waals surface area (Å²) in [6.07, 6.45) is 54.3. The van der Waals surface area contributed by atoms with Crippen LogP contribution in [0, 0.1) is 17.8 Å². The van der Waals surface area contributed by atoms with E-state index in [1.54, 1.807) is 0 Å². The van der Waals surface area contributed by atoms with Gasteiger partial charge in [0.15, 0.2) is 12.2 Å². The average molecular weight is 1410 g/mol. The molecule has 0 saturated heterocycles. The third kappa shape index (κ3) is 70.5. The monoisotopic (exact) mass is 1410 g/mol. The smallest absolute Gasteiger partial charge is 0.462 e. The zero-order valence-electron chi connectivity index (χ0n) is 62.8. The molecule has 0 saturated carbocycles. The van der Waals surface area contributed by atoms with Crippen molar-refractivity contribution in [2.24, 2.45) is 17.8 Å². The van der Waals surface area contributed by atoms with Crippen LogP contribution >= 0.6 is 15.6 Å². The molecule has 0 radical (unpaired) electrons. The third-order valence-electron chi connectivity index (χ3n) is 17.9. The summed E-state index contributed by atoms with van der Waals surface area (Å²) in [4.78, 5) is 72.7. The van der Waals surface area contributed by atoms with Crippen molar-refractivity contribution in [2.75, 3.05) is 39.6 Å². The first-order valence-corrected chi connectivity index (χ1v) is 42.8. The van der Waals surface area contributed by atoms with Crippen LogP contribution in [0.5, 0.6) is 0 Å². The van der Waals surface area contributed by atoms with E-state index in [4.69, 9.17) is 37.0 Å². The number of unbranched alkanes of at least 4 members (excludes halogenated alkanes) is 43. The van der Waals surface area contributed by atoms with Crippen molar-refractivity contribution in [1.82, 2.24) is 0 Å². The minimum absolute atomic E-state index is 0.104. The molecule has 5 atom stereocenters. The predicted octanol–water partition coefficient (Wildman–Crippen LogP) is 22.6. The lowest BCUT2D eigenvalue weighted by atomic mass is 10.0. The number of carbonyl (C=O) groups is 4. The van der Waals surface area contributed by atoms with E-state index < -0.39 is 97.5 Å². The van der Waals surface area contributed by atoms with Gasteiger partial charge in [0.05, 0.1) is 26.4 Å². The summed E-state index contributed by atoms with van der Waals surface area (Å²) in [6.45, 7) is 11.9. The highest BCUT2D eigenvalue weighted by Crippen LogP contribution is 2.45. The third-order valence-corrected chi connectivity index (χ3v) is 19.8. The first-order chi connectivity index (χ1) is 46.2. The van der Waals surface area contributed by atoms with Gasteiger partial charge in [-0.3, -0.25) is 37.3 Å². The minimum atomic E-state index is -4.96. The Kier molecular flexibility index (Phi) is 66.2. The molecule has 0 aliphatic carbocycles. The molecule has 0 aliphatic rings. The molecule has 3 N–H and O–H groups in total. The summed E-state index contributed by atoms with van der Waals surface area (Å²) in [5.41, 5.74) is 0. The maximum absolute atomic E-state index is 13.1. The van der Waals surface area contributed by atoms with Gasteiger partial charge in [0, 0.05) is 25.7 Å². The molecule has 0 aromatic heterocycles. The van der Waals surface area contributed by atoms with Crippen LogP contribution in [0.2, 0.25) is 0 Å². The van der Waals surface area contributed by atoms with Crippen LogP contribution in [0.1, 0.15) is 395 Å². The minimum Gasteiger partial charge on any atom is -0.462 e. The number of aliphatic hydroxyl groups excluding tert-OH is 1. The van der Waals surface area contributed by atoms with Gasteiger partial charge in [-0.05, 0) is 43.4 Å². The van der Waals surface area contributed by atoms with Crippen molar-refractivity contribution in [3.8, 4) is 0 Å². The summed E-state index contributed by atoms with van der Waals surface area (Å²) >= 11 is 0. The average Bonchev–Trinajstić information content (AvgIpc) is 1.50. The Hall–Kier alpha value is -1.94. The van der Waals surface area contributed by atoms with Gasteiger partial charge in [-0.15, -0.1) is 0 Å². The normalized spacial score (nSPS) is 14.1. The van der Waals surface area contributed by atoms with Gasteiger partial charge >= 0.3 is 39.5 Å². The fourth-order valence-corrected chi connectivity index (χ4v) is 13.4. The van der Waals surface area contributed by atoms with E-state index in [-0.39, 0.29) is 25.7 Å². The number of hydrogen-bond donors (Lipinski definition) is 3. The second kappa shape index (κ2) is 67.5. The van der Waals surface area contributed by atoms with E-state index in [0.717, 1.165) is 114 Å². The Balaban J connectivity index is 5.18. The highest BCUT2D eigenvalue weighted by molar-refractivity contribution is 7.47. The number of hydrogen-bond acceptors (Lipinski definition) is 15. The zero-order valence-corrected chi connectivity index (χ0v) is 64.6. The molecule has 0 aliphatic heterocycles. The molecule has 0 aromatic carbocycles. The Bertz CT molecular complexity index is 1870. The summed E-state index contributed by atoms with van der Waals surface area (Å²) in [6, 6.07) is 0. The molecule has 0 spiro atoms. The molecule has 0 aromatic rings. The summed E-state index contributed by atoms with van der Waals surface area (Å²) in [7, 11) is -9.91. The molecule has 19 heteroatoms. The molecule has 0 rings (SSSR count). The molecular weight excluding hydrogens is 1260 g/mol. The quantitative estimate of drug-likeness (QED) is 0.0222. The highest BCUT2D eigenvalue weighted by Gasteiger charge is 2.30. The van der Waals surface area contributed by atoms with E-state index in [9.17, 15) is 43.2 Å². The van der Waals surface area contributed by atoms with Crippen LogP contribution in [0.4, 0.5) is 0 Å². The molecule has 2 unspecified atom stereocenters. The summed E-state index contributed by atoms with van der Waals surface area (Å²) < 4.78 is 68.4. The first kappa shape index (κ1) is 94.1. The van der Waals surface area contributed by atoms with Crippen LogP contribution in [0.15, 0.2) is 0 Å². The van der Waals surface area contributed by atoms with Crippen LogP contribution in [0.25, 0.3) is 0 Å². The summed E-state index contributed by atoms with van der Waals surface area (Å²) in [5.74, 6) is 0.209. The van der Waals surface area contributed by atoms with E-state index in [1.165, 1.54) is 199 Å². The van der Waals surface area contributed by atoms with E-state index in [1.807, 2.05) is 0 Å². The van der Waals surface area contributed by atoms with Gasteiger partial charge in [0.25, 0.3) is 0 Å². The maximum Gasteiger partial charge on any atom is 0.472 e. The highest BCUT2D eigenvalue weighted by atomic mass is 31.2. The second-order valence-electron chi connectivity index (χ2n) is 29.2. The fraction of sp³-hybridized carbons (Fsp3) is 0.948. The standard InChI is InChI=1S/C77H150O17P2/c1-8-9-10-11-12-37-44-51-58-74(79)87-64-72(94-77(82)61-54-47-40-33-32-36-43-50-57-70(6)7)66-91-95(83,84)89-62-71(78)63-90-96(85,86)92-67-73(65-88-75(80)59-52-45-38-30-26-23-19-21-25-29-35-42-49-56-69(4)5)93-76(81)60-53-46-39-31-27-22-18-16-14-13-15-17-20-24-28-34-41-48-55-68(2)3/h68-73,78H,8-67H2,1-7H3,(H,83,84)(H,85,86)/t71-,72+,73+/m0/s1. The molecule has 570 valence electrons. The molecular formula is C77H150O17P2. The number of esters is 4. The van der Waals surface area contributed by atoms with Crippen molar-refractivity contribution in [3.63, 3.8) is 0 Å². The Morgan fingerprint density at radius 1 is 0.281 bits per heavy atom. The number of carbonyl (C=O) groups excluding carboxylic acids is 4. The Labute approximate surface area is 588 Å². The number of aliphatic hydroxyl groups is 1. The number of phosphoric acid groups is 2. The number of rotatable bonds is 75. The predicted molar refractivity (Wildman–Crippen MR) is 391 cm³/mol. The molecule has 0 amide bonds. The maximum atomic E-state index is 13.1. The van der Waals surface area contributed by atoms with Crippen molar-refractivity contribution in [1.29, 1.82) is 0 Å². The number of ether oxygens (including phenoxy) is 4. The zero-order chi connectivity index (χ0) is 70.9. The lowest BCUT2D eigenvalue weighted by molar-refractivity contribution is -0.161. The van der Waals surface area contributed by atoms with Crippen molar-refractivity contribution in [3.05, 3.63) is 0 Å². The van der Waals surface area contributed by atoms with Crippen molar-refractivity contribution in [2.45, 2.75) is 414 Å². The van der Waals surface area contributed by atoms with Gasteiger partial charge < -0.3 is 33.8 Å². The summed E-state index contributed by atoms with van der Waals surface area (Å²) in [5, 5.41) is 10.6. The van der Waals surface area contributed by atoms with Crippen molar-refractivity contribution >= 4 is 39.5 Å². The fourth-order valence-electron chi connectivity index (χ4n) is 11.8. The molecule has 0 fully saturated rings. The first-order valence-electron chi connectivity index (χ1n) is 39.8. The van der Waals surface area contributed by atoms with Gasteiger partial charge in [-0.25, -0.2) is 9.13 Å². The van der Waals surface area contributed by atoms with Gasteiger partial charge in [-0.1, -0.05) is 344 Å².